The van der Waals surface area contributed by atoms with E-state index in [0.29, 0.717) is 11.5 Å². The third-order valence-corrected chi connectivity index (χ3v) is 31.7. The van der Waals surface area contributed by atoms with Gasteiger partial charge in [0.1, 0.15) is 63.2 Å². The molecule has 6 aliphatic heterocycles. The van der Waals surface area contributed by atoms with Crippen molar-refractivity contribution in [3.63, 3.8) is 0 Å². The van der Waals surface area contributed by atoms with Crippen molar-refractivity contribution in [3.05, 3.63) is 299 Å². The lowest BCUT2D eigenvalue weighted by molar-refractivity contribution is 0.281. The second kappa shape index (κ2) is 21.6. The minimum Gasteiger partial charge on any atom is -0.497 e. The summed E-state index contributed by atoms with van der Waals surface area (Å²) in [5, 5.41) is 23.1. The summed E-state index contributed by atoms with van der Waals surface area (Å²) in [6.45, 7) is 8.76. The molecule has 0 saturated heterocycles. The van der Waals surface area contributed by atoms with Crippen molar-refractivity contribution in [3.8, 4) is 74.4 Å². The Labute approximate surface area is 587 Å². The zero-order chi connectivity index (χ0) is 67.9. The number of methoxy groups -OCH3 is 3. The summed E-state index contributed by atoms with van der Waals surface area (Å²) in [6.07, 6.45) is 0. The van der Waals surface area contributed by atoms with Gasteiger partial charge in [-0.2, -0.15) is 0 Å². The zero-order valence-electron chi connectivity index (χ0n) is 56.7. The highest BCUT2D eigenvalue weighted by atomic mass is 28.3. The lowest BCUT2D eigenvalue weighted by Crippen LogP contribution is -2.79. The van der Waals surface area contributed by atoms with Crippen LogP contribution in [0.1, 0.15) is 44.5 Å². The number of benzene rings is 14. The summed E-state index contributed by atoms with van der Waals surface area (Å²) in [7, 11) is -0.818. The van der Waals surface area contributed by atoms with Crippen LogP contribution in [-0.4, -0.2) is 42.6 Å². The van der Waals surface area contributed by atoms with Crippen LogP contribution < -0.4 is 79.3 Å². The van der Waals surface area contributed by atoms with Crippen LogP contribution in [0.3, 0.4) is 0 Å². The molecule has 0 saturated carbocycles. The van der Waals surface area contributed by atoms with Crippen LogP contribution in [0.4, 0.5) is 34.1 Å². The van der Waals surface area contributed by atoms with Crippen LogP contribution in [0.5, 0.6) is 63.2 Å². The molecule has 0 radical (unpaired) electrons. The summed E-state index contributed by atoms with van der Waals surface area (Å²) < 4.78 is 45.6. The Morgan fingerprint density at radius 2 is 0.861 bits per heavy atom. The number of aliphatic hydroxyl groups excluding tert-OH is 1. The first-order chi connectivity index (χ1) is 49.5. The van der Waals surface area contributed by atoms with E-state index in [-0.39, 0.29) is 6.61 Å². The first-order valence-corrected chi connectivity index (χ1v) is 38.9. The fourth-order valence-corrected chi connectivity index (χ4v) is 28.5. The molecule has 7 aliphatic rings. The van der Waals surface area contributed by atoms with Gasteiger partial charge in [-0.25, -0.2) is 0 Å². The van der Waals surface area contributed by atoms with Crippen molar-refractivity contribution in [1.29, 1.82) is 0 Å². The van der Waals surface area contributed by atoms with Crippen molar-refractivity contribution in [2.75, 3.05) is 31.1 Å². The highest BCUT2D eigenvalue weighted by molar-refractivity contribution is 7.23. The number of anilines is 6. The highest BCUT2D eigenvalue weighted by Crippen LogP contribution is 2.63. The lowest BCUT2D eigenvalue weighted by atomic mass is 9.67. The molecule has 488 valence electrons. The molecule has 2 atom stereocenters. The number of ether oxygens (including phenoxy) is 7. The monoisotopic (exact) mass is 1350 g/mol. The fraction of sp³-hybridized carbons (Fsp3) is 0.101. The van der Waals surface area contributed by atoms with E-state index in [2.05, 4.69) is 256 Å². The quantitative estimate of drug-likeness (QED) is 0.111. The van der Waals surface area contributed by atoms with Gasteiger partial charge in [-0.15, -0.1) is 0 Å². The van der Waals surface area contributed by atoms with E-state index in [0.717, 1.165) is 128 Å². The Kier molecular flexibility index (Phi) is 12.7. The topological polar surface area (TPSA) is 91.3 Å². The molecule has 0 spiro atoms. The smallest absolute Gasteiger partial charge is 0.202 e. The van der Waals surface area contributed by atoms with E-state index in [1.54, 1.807) is 21.3 Å². The number of aryl methyl sites for hydroxylation is 3. The molecule has 0 bridgehead atoms. The van der Waals surface area contributed by atoms with Gasteiger partial charge in [0.2, 0.25) is 8.07 Å². The van der Waals surface area contributed by atoms with E-state index < -0.39 is 21.6 Å². The Morgan fingerprint density at radius 3 is 1.45 bits per heavy atom. The van der Waals surface area contributed by atoms with Gasteiger partial charge in [-0.1, -0.05) is 188 Å². The first-order valence-electron chi connectivity index (χ1n) is 34.4. The molecular formula is C89H66N2O8Si2. The first kappa shape index (κ1) is 59.3. The van der Waals surface area contributed by atoms with Crippen molar-refractivity contribution in [2.45, 2.75) is 39.3 Å². The van der Waals surface area contributed by atoms with Crippen LogP contribution in [0.2, 0.25) is 6.55 Å². The van der Waals surface area contributed by atoms with Crippen molar-refractivity contribution >= 4 is 108 Å². The second-order valence-electron chi connectivity index (χ2n) is 27.6. The van der Waals surface area contributed by atoms with E-state index >= 15 is 0 Å². The fourth-order valence-electron chi connectivity index (χ4n) is 18.5. The van der Waals surface area contributed by atoms with Gasteiger partial charge in [-0.05, 0) is 125 Å². The zero-order valence-corrected chi connectivity index (χ0v) is 58.7. The predicted octanol–water partition coefficient (Wildman–Crippen LogP) is 17.0. The Morgan fingerprint density at radius 1 is 0.386 bits per heavy atom. The average Bonchev–Trinajstić information content (AvgIpc) is 1.62. The predicted molar refractivity (Wildman–Crippen MR) is 409 cm³/mol. The molecule has 101 heavy (non-hydrogen) atoms. The van der Waals surface area contributed by atoms with Gasteiger partial charge in [0.15, 0.2) is 8.07 Å². The van der Waals surface area contributed by atoms with Crippen LogP contribution in [-0.2, 0) is 12.0 Å². The standard InChI is InChI=1S/C52H37NO2Si.C37H29NO6Si/c1-32-23-25-37(26-24-32)53-42-27-33(2)28-43-49(42)56(38-19-11-6-12-20-38)50-44(54-43)29-34(3)30-45(50)55-46-31-41-47(48(53)51(46)56)39-21-13-14-22-40(39)52(41,35-15-7-4-8-16-35)36-17-9-5-10-18-36;1-40-21-15-28-36-30(16-21)44-32-18-22(41-2)17-31-37(32)45(36,4)35-27(13-20(19-39)14-29(35)43-31)38(28)33-23-9-5-7-11-25(23)34(42-3)26-12-8-6-10-24(26)33/h4-31H,1-3H3;5-18,39H,19H2,1-4H3. The number of rotatable bonds is 9. The highest BCUT2D eigenvalue weighted by Gasteiger charge is 2.62. The van der Waals surface area contributed by atoms with E-state index in [9.17, 15) is 5.11 Å². The number of nitrogens with zero attached hydrogens (tertiary/aromatic N) is 2. The number of hydrogen-bond donors (Lipinski definition) is 1. The Bertz CT molecular complexity index is 5740. The normalized spacial score (nSPS) is 16.8. The molecule has 0 amide bonds. The Balaban J connectivity index is 0.000000139. The molecule has 0 fully saturated rings. The molecule has 1 N–H and O–H groups in total. The maximum Gasteiger partial charge on any atom is 0.202 e. The third kappa shape index (κ3) is 7.83. The minimum atomic E-state index is -3.12. The molecule has 6 heterocycles. The van der Waals surface area contributed by atoms with Crippen molar-refractivity contribution in [1.82, 2.24) is 0 Å². The summed E-state index contributed by atoms with van der Waals surface area (Å²) in [6, 6.07) is 91.9. The van der Waals surface area contributed by atoms with E-state index in [1.807, 2.05) is 36.4 Å². The number of fused-ring (bicyclic) bond motifs is 6. The van der Waals surface area contributed by atoms with Crippen LogP contribution >= 0.6 is 0 Å². The molecule has 1 aliphatic carbocycles. The molecule has 12 heteroatoms. The molecule has 14 aromatic rings. The maximum atomic E-state index is 10.5. The maximum absolute atomic E-state index is 10.5. The van der Waals surface area contributed by atoms with Crippen LogP contribution in [0.25, 0.3) is 32.7 Å². The van der Waals surface area contributed by atoms with Gasteiger partial charge in [-0.3, -0.25) is 0 Å². The SMILES string of the molecule is COc1cc2c3c(c1)Oc1cc(OC)cc4c1[Si]3(C)c1c(cc(CO)cc1N4c1c3ccccc3c(OC)c3ccccc13)O2.Cc1ccc(N2c3cc(C)cc4c3[Si]3(c5ccccc5)c5c(cc(C)cc5Oc5cc6c(c2c53)-c2ccccc2C6(c2ccccc2)c2ccccc2)O4)cc1. The molecular weight excluding hydrogens is 1280 g/mol. The minimum absolute atomic E-state index is 0.130. The van der Waals surface area contributed by atoms with E-state index in [1.165, 1.54) is 71.1 Å². The van der Waals surface area contributed by atoms with Gasteiger partial charge >= 0.3 is 0 Å². The van der Waals surface area contributed by atoms with Gasteiger partial charge in [0, 0.05) is 88.2 Å². The largest absolute Gasteiger partial charge is 0.497 e. The summed E-state index contributed by atoms with van der Waals surface area (Å²) >= 11 is 0. The van der Waals surface area contributed by atoms with Gasteiger partial charge in [0.05, 0.1) is 61.8 Å². The average molecular weight is 1350 g/mol. The van der Waals surface area contributed by atoms with Gasteiger partial charge < -0.3 is 48.1 Å². The molecule has 10 nitrogen and oxygen atoms in total. The second-order valence-corrected chi connectivity index (χ2v) is 35.0. The van der Waals surface area contributed by atoms with Crippen molar-refractivity contribution in [2.24, 2.45) is 0 Å². The summed E-state index contributed by atoms with van der Waals surface area (Å²) in [5.41, 5.74) is 17.6. The molecule has 21 rings (SSSR count). The molecule has 14 aromatic carbocycles. The lowest BCUT2D eigenvalue weighted by Gasteiger charge is -2.51. The van der Waals surface area contributed by atoms with Crippen molar-refractivity contribution < 1.29 is 38.3 Å². The Hall–Kier alpha value is -11.8. The summed E-state index contributed by atoms with van der Waals surface area (Å²) in [4.78, 5) is 4.88. The summed E-state index contributed by atoms with van der Waals surface area (Å²) in [5.74, 6) is 8.84. The number of aliphatic hydroxyl groups is 1. The molecule has 2 unspecified atom stereocenters. The van der Waals surface area contributed by atoms with E-state index in [4.69, 9.17) is 33.2 Å². The number of hydrogen-bond acceptors (Lipinski definition) is 10. The van der Waals surface area contributed by atoms with Crippen LogP contribution in [0, 0.1) is 20.8 Å². The molecule has 0 aromatic heterocycles. The van der Waals surface area contributed by atoms with Gasteiger partial charge in [0.25, 0.3) is 0 Å². The third-order valence-electron chi connectivity index (χ3n) is 22.2. The van der Waals surface area contributed by atoms with Crippen LogP contribution in [0.15, 0.2) is 255 Å².